The molecule has 1 aliphatic carbocycles. The molecular weight excluding hydrogens is 168 g/mol. The van der Waals surface area contributed by atoms with E-state index in [2.05, 4.69) is 6.58 Å². The van der Waals surface area contributed by atoms with E-state index in [1.165, 1.54) is 0 Å². The van der Waals surface area contributed by atoms with Crippen LogP contribution >= 0.6 is 0 Å². The van der Waals surface area contributed by atoms with Gasteiger partial charge in [-0.15, -0.1) is 0 Å². The Morgan fingerprint density at radius 1 is 1.69 bits per heavy atom. The molecule has 0 amide bonds. The summed E-state index contributed by atoms with van der Waals surface area (Å²) in [5.74, 6) is 0. The van der Waals surface area contributed by atoms with E-state index in [9.17, 15) is 4.79 Å². The van der Waals surface area contributed by atoms with Crippen LogP contribution in [0.15, 0.2) is 12.2 Å². The van der Waals surface area contributed by atoms with E-state index in [0.717, 1.165) is 24.8 Å². The highest BCUT2D eigenvalue weighted by molar-refractivity contribution is 5.57. The van der Waals surface area contributed by atoms with Gasteiger partial charge in [-0.05, 0) is 24.8 Å². The van der Waals surface area contributed by atoms with Crippen molar-refractivity contribution in [2.24, 2.45) is 5.41 Å². The molecule has 0 aromatic rings. The third-order valence-corrected chi connectivity index (χ3v) is 2.62. The molecule has 3 heteroatoms. The molecule has 0 radical (unpaired) electrons. The molecule has 74 valence electrons. The van der Waals surface area contributed by atoms with Crippen LogP contribution in [0.4, 0.5) is 4.79 Å². The summed E-state index contributed by atoms with van der Waals surface area (Å²) >= 11 is 0. The molecule has 0 heterocycles. The Morgan fingerprint density at radius 3 is 2.77 bits per heavy atom. The first-order chi connectivity index (χ1) is 5.93. The van der Waals surface area contributed by atoms with E-state index < -0.39 is 6.16 Å². The number of hydrogen-bond acceptors (Lipinski definition) is 2. The Bertz CT molecular complexity index is 230. The van der Waals surface area contributed by atoms with E-state index in [4.69, 9.17) is 9.84 Å². The molecule has 1 unspecified atom stereocenters. The Hall–Kier alpha value is -0.990. The van der Waals surface area contributed by atoms with Crippen LogP contribution in [0.25, 0.3) is 0 Å². The molecule has 1 aliphatic rings. The van der Waals surface area contributed by atoms with Crippen molar-refractivity contribution in [1.82, 2.24) is 0 Å². The van der Waals surface area contributed by atoms with Gasteiger partial charge in [0, 0.05) is 5.41 Å². The lowest BCUT2D eigenvalue weighted by Crippen LogP contribution is -2.37. The fraction of sp³-hybridized carbons (Fsp3) is 0.700. The van der Waals surface area contributed by atoms with Crippen LogP contribution in [0.5, 0.6) is 0 Å². The first-order valence-electron chi connectivity index (χ1n) is 4.51. The Kier molecular flexibility index (Phi) is 2.64. The first-order valence-corrected chi connectivity index (χ1v) is 4.51. The summed E-state index contributed by atoms with van der Waals surface area (Å²) in [4.78, 5) is 10.4. The van der Waals surface area contributed by atoms with Crippen molar-refractivity contribution in [3.05, 3.63) is 12.2 Å². The van der Waals surface area contributed by atoms with Crippen molar-refractivity contribution in [1.29, 1.82) is 0 Å². The van der Waals surface area contributed by atoms with Gasteiger partial charge in [0.25, 0.3) is 0 Å². The maximum absolute atomic E-state index is 10.4. The number of hydrogen-bond donors (Lipinski definition) is 1. The third-order valence-electron chi connectivity index (χ3n) is 2.62. The van der Waals surface area contributed by atoms with Gasteiger partial charge in [0.05, 0.1) is 0 Å². The zero-order valence-corrected chi connectivity index (χ0v) is 8.17. The molecule has 1 rings (SSSR count). The second-order valence-corrected chi connectivity index (χ2v) is 4.26. The standard InChI is InChI=1S/C10H16O3/c1-7-5-4-6-10(2,3)8(7)13-9(11)12/h8H,1,4-6H2,2-3H3,(H,11,12). The van der Waals surface area contributed by atoms with E-state index in [1.54, 1.807) is 0 Å². The second kappa shape index (κ2) is 3.40. The summed E-state index contributed by atoms with van der Waals surface area (Å²) in [6.07, 6.45) is 1.40. The van der Waals surface area contributed by atoms with Gasteiger partial charge in [-0.2, -0.15) is 0 Å². The SMILES string of the molecule is C=C1CCCC(C)(C)C1OC(=O)O. The minimum Gasteiger partial charge on any atom is -0.450 e. The minimum atomic E-state index is -1.21. The van der Waals surface area contributed by atoms with E-state index >= 15 is 0 Å². The monoisotopic (exact) mass is 184 g/mol. The summed E-state index contributed by atoms with van der Waals surface area (Å²) in [7, 11) is 0. The normalized spacial score (nSPS) is 26.9. The zero-order valence-electron chi connectivity index (χ0n) is 8.17. The van der Waals surface area contributed by atoms with Crippen LogP contribution in [0, 0.1) is 5.41 Å². The van der Waals surface area contributed by atoms with E-state index in [1.807, 2.05) is 13.8 Å². The molecule has 0 aromatic heterocycles. The minimum absolute atomic E-state index is 0.103. The lowest BCUT2D eigenvalue weighted by Gasteiger charge is -2.38. The van der Waals surface area contributed by atoms with Crippen LogP contribution < -0.4 is 0 Å². The quantitative estimate of drug-likeness (QED) is 0.503. The van der Waals surface area contributed by atoms with Gasteiger partial charge >= 0.3 is 6.16 Å². The summed E-state index contributed by atoms with van der Waals surface area (Å²) in [6, 6.07) is 0. The van der Waals surface area contributed by atoms with E-state index in [0.29, 0.717) is 0 Å². The van der Waals surface area contributed by atoms with Gasteiger partial charge in [-0.25, -0.2) is 4.79 Å². The topological polar surface area (TPSA) is 46.5 Å². The second-order valence-electron chi connectivity index (χ2n) is 4.26. The van der Waals surface area contributed by atoms with Gasteiger partial charge in [0.1, 0.15) is 6.10 Å². The van der Waals surface area contributed by atoms with Gasteiger partial charge in [0.15, 0.2) is 0 Å². The van der Waals surface area contributed by atoms with Gasteiger partial charge in [-0.3, -0.25) is 0 Å². The van der Waals surface area contributed by atoms with Crippen LogP contribution in [0.3, 0.4) is 0 Å². The van der Waals surface area contributed by atoms with Crippen molar-refractivity contribution in [2.75, 3.05) is 0 Å². The Balaban J connectivity index is 2.74. The average Bonchev–Trinajstić information content (AvgIpc) is 1.96. The lowest BCUT2D eigenvalue weighted by atomic mass is 9.73. The highest BCUT2D eigenvalue weighted by atomic mass is 16.7. The molecule has 0 bridgehead atoms. The molecule has 1 fully saturated rings. The highest BCUT2D eigenvalue weighted by Gasteiger charge is 2.37. The Morgan fingerprint density at radius 2 is 2.31 bits per heavy atom. The Labute approximate surface area is 78.4 Å². The molecule has 3 nitrogen and oxygen atoms in total. The first kappa shape index (κ1) is 10.1. The lowest BCUT2D eigenvalue weighted by molar-refractivity contribution is -0.000406. The third kappa shape index (κ3) is 2.23. The summed E-state index contributed by atoms with van der Waals surface area (Å²) in [5, 5.41) is 8.55. The highest BCUT2D eigenvalue weighted by Crippen LogP contribution is 2.39. The molecule has 1 saturated carbocycles. The smallest absolute Gasteiger partial charge is 0.450 e. The van der Waals surface area contributed by atoms with Crippen LogP contribution in [-0.2, 0) is 4.74 Å². The van der Waals surface area contributed by atoms with Gasteiger partial charge < -0.3 is 9.84 Å². The maximum Gasteiger partial charge on any atom is 0.506 e. The molecular formula is C10H16O3. The molecule has 1 N–H and O–H groups in total. The summed E-state index contributed by atoms with van der Waals surface area (Å²) in [5.41, 5.74) is 0.798. The molecule has 0 aliphatic heterocycles. The van der Waals surface area contributed by atoms with Crippen LogP contribution in [0.2, 0.25) is 0 Å². The van der Waals surface area contributed by atoms with E-state index in [-0.39, 0.29) is 11.5 Å². The number of carbonyl (C=O) groups is 1. The number of ether oxygens (including phenoxy) is 1. The molecule has 13 heavy (non-hydrogen) atoms. The van der Waals surface area contributed by atoms with Crippen molar-refractivity contribution < 1.29 is 14.6 Å². The van der Waals surface area contributed by atoms with Crippen LogP contribution in [0.1, 0.15) is 33.1 Å². The van der Waals surface area contributed by atoms with Crippen LogP contribution in [-0.4, -0.2) is 17.4 Å². The molecule has 0 saturated heterocycles. The molecule has 0 aromatic carbocycles. The maximum atomic E-state index is 10.4. The van der Waals surface area contributed by atoms with Crippen molar-refractivity contribution in [3.8, 4) is 0 Å². The zero-order chi connectivity index (χ0) is 10.1. The molecule has 0 spiro atoms. The summed E-state index contributed by atoms with van der Waals surface area (Å²) in [6.45, 7) is 7.89. The number of carboxylic acid groups (broad SMARTS) is 1. The predicted octanol–water partition coefficient (Wildman–Crippen LogP) is 2.82. The average molecular weight is 184 g/mol. The largest absolute Gasteiger partial charge is 0.506 e. The van der Waals surface area contributed by atoms with Gasteiger partial charge in [-0.1, -0.05) is 20.4 Å². The van der Waals surface area contributed by atoms with Crippen molar-refractivity contribution in [3.63, 3.8) is 0 Å². The van der Waals surface area contributed by atoms with Gasteiger partial charge in [0.2, 0.25) is 0 Å². The van der Waals surface area contributed by atoms with Crippen molar-refractivity contribution in [2.45, 2.75) is 39.2 Å². The predicted molar refractivity (Wildman–Crippen MR) is 49.7 cm³/mol. The fourth-order valence-corrected chi connectivity index (χ4v) is 1.93. The molecule has 1 atom stereocenters. The fourth-order valence-electron chi connectivity index (χ4n) is 1.93. The van der Waals surface area contributed by atoms with Crippen molar-refractivity contribution >= 4 is 6.16 Å². The summed E-state index contributed by atoms with van der Waals surface area (Å²) < 4.78 is 4.84. The number of rotatable bonds is 1.